The van der Waals surface area contributed by atoms with Crippen molar-refractivity contribution in [1.29, 1.82) is 5.26 Å². The average molecular weight is 609 g/mol. The third-order valence-corrected chi connectivity index (χ3v) is 8.23. The zero-order valence-corrected chi connectivity index (χ0v) is 24.8. The fourth-order valence-electron chi connectivity index (χ4n) is 5.44. The highest BCUT2D eigenvalue weighted by Crippen LogP contribution is 2.34. The maximum atomic E-state index is 12.7. The number of nitrogens with one attached hydrogen (secondary N) is 1. The molecule has 10 nitrogen and oxygen atoms in total. The summed E-state index contributed by atoms with van der Waals surface area (Å²) in [5.41, 5.74) is 0.693. The quantitative estimate of drug-likeness (QED) is 0.394. The van der Waals surface area contributed by atoms with Gasteiger partial charge in [-0.2, -0.15) is 10.4 Å². The Labute approximate surface area is 249 Å². The first kappa shape index (κ1) is 30.3. The van der Waals surface area contributed by atoms with E-state index in [-0.39, 0.29) is 42.1 Å². The Morgan fingerprint density at radius 3 is 2.75 bits per heavy atom. The molecule has 2 fully saturated rings. The van der Waals surface area contributed by atoms with Crippen molar-refractivity contribution in [3.8, 4) is 6.07 Å². The van der Waals surface area contributed by atoms with E-state index in [0.717, 1.165) is 24.9 Å². The number of benzene rings is 1. The van der Waals surface area contributed by atoms with E-state index in [4.69, 9.17) is 32.9 Å². The summed E-state index contributed by atoms with van der Waals surface area (Å²) in [5.74, 6) is -0.0244. The Hall–Kier alpha value is -2.68. The fraction of sp³-hybridized carbons (Fsp3) is 0.519. The van der Waals surface area contributed by atoms with E-state index in [2.05, 4.69) is 21.5 Å². The van der Waals surface area contributed by atoms with Crippen molar-refractivity contribution in [2.24, 2.45) is 5.92 Å². The molecule has 4 heterocycles. The number of ether oxygens (including phenoxy) is 1. The van der Waals surface area contributed by atoms with Crippen LogP contribution in [0, 0.1) is 17.2 Å². The minimum Gasteiger partial charge on any atom is -0.461 e. The molecule has 0 saturated carbocycles. The number of hydrogen-bond acceptors (Lipinski definition) is 9. The zero-order chi connectivity index (χ0) is 27.9. The number of anilines is 1. The number of halogens is 3. The van der Waals surface area contributed by atoms with Crippen molar-refractivity contribution in [1.82, 2.24) is 25.1 Å². The molecular weight excluding hydrogens is 577 g/mol. The molecule has 2 saturated heterocycles. The number of aromatic nitrogens is 4. The van der Waals surface area contributed by atoms with E-state index < -0.39 is 11.7 Å². The molecule has 0 amide bonds. The van der Waals surface area contributed by atoms with Crippen LogP contribution in [0.15, 0.2) is 24.4 Å². The molecule has 2 N–H and O–H groups in total. The first-order valence-electron chi connectivity index (χ1n) is 13.1. The summed E-state index contributed by atoms with van der Waals surface area (Å²) < 4.78 is 7.56. The molecule has 0 bridgehead atoms. The third kappa shape index (κ3) is 5.99. The van der Waals surface area contributed by atoms with Gasteiger partial charge in [-0.05, 0) is 57.9 Å². The lowest BCUT2D eigenvalue weighted by Gasteiger charge is -2.43. The van der Waals surface area contributed by atoms with Gasteiger partial charge >= 0.3 is 5.97 Å². The summed E-state index contributed by atoms with van der Waals surface area (Å²) in [4.78, 5) is 24.2. The van der Waals surface area contributed by atoms with Crippen molar-refractivity contribution in [2.75, 3.05) is 24.5 Å². The smallest absolute Gasteiger partial charge is 0.323 e. The first-order chi connectivity index (χ1) is 18.6. The van der Waals surface area contributed by atoms with Gasteiger partial charge in [0.25, 0.3) is 0 Å². The van der Waals surface area contributed by atoms with Gasteiger partial charge in [0.2, 0.25) is 0 Å². The lowest BCUT2D eigenvalue weighted by molar-refractivity contribution is -0.160. The number of nitrogens with zero attached hydrogens (tertiary/aromatic N) is 6. The molecule has 2 aliphatic rings. The number of esters is 1. The predicted molar refractivity (Wildman–Crippen MR) is 155 cm³/mol. The second kappa shape index (κ2) is 12.0. The number of rotatable bonds is 6. The Bertz CT molecular complexity index is 1430. The average Bonchev–Trinajstić information content (AvgIpc) is 3.56. The minimum atomic E-state index is -1.10. The maximum absolute atomic E-state index is 12.7. The van der Waals surface area contributed by atoms with Crippen molar-refractivity contribution >= 4 is 58.6 Å². The molecule has 0 unspecified atom stereocenters. The van der Waals surface area contributed by atoms with E-state index in [1.807, 2.05) is 17.9 Å². The standard InChI is InChI=1S/C27H31Cl2N7O3.ClH/c1-15(17-7-6-16(28)11-19(17)29)36-25-24(21(12-30)34-36)32-13-23(33-25)35-10-8-22(18(14-35)27(2,3)38)39-26(37)20-5-4-9-31-20;/h6-7,11,13,15,18,20,22,31,38H,4-5,8-10,14H2,1-3H3;1H/t15-,18-,20+,22+;/m1./s1. The molecule has 0 spiro atoms. The van der Waals surface area contributed by atoms with Crippen LogP contribution in [0.3, 0.4) is 0 Å². The Balaban J connectivity index is 0.00000370. The highest BCUT2D eigenvalue weighted by molar-refractivity contribution is 6.35. The van der Waals surface area contributed by atoms with Gasteiger partial charge in [0.1, 0.15) is 29.5 Å². The number of nitriles is 1. The third-order valence-electron chi connectivity index (χ3n) is 7.67. The SMILES string of the molecule is C[C@H](c1ccc(Cl)cc1Cl)n1nc(C#N)c2ncc(N3CC[C@H](OC(=O)[C@@H]4CCCN4)[C@H](C(C)(C)O)C3)nc21.Cl. The summed E-state index contributed by atoms with van der Waals surface area (Å²) in [6.07, 6.45) is 3.44. The zero-order valence-electron chi connectivity index (χ0n) is 22.5. The number of piperidine rings is 1. The summed E-state index contributed by atoms with van der Waals surface area (Å²) in [7, 11) is 0. The monoisotopic (exact) mass is 607 g/mol. The molecule has 214 valence electrons. The van der Waals surface area contributed by atoms with E-state index in [9.17, 15) is 15.2 Å². The Morgan fingerprint density at radius 2 is 2.10 bits per heavy atom. The van der Waals surface area contributed by atoms with Gasteiger partial charge in [0, 0.05) is 35.5 Å². The number of hydrogen-bond donors (Lipinski definition) is 2. The second-order valence-electron chi connectivity index (χ2n) is 10.8. The van der Waals surface area contributed by atoms with E-state index >= 15 is 0 Å². The van der Waals surface area contributed by atoms with Crippen LogP contribution in [0.2, 0.25) is 10.0 Å². The van der Waals surface area contributed by atoms with E-state index in [1.54, 1.807) is 36.9 Å². The van der Waals surface area contributed by atoms with Crippen LogP contribution in [-0.2, 0) is 9.53 Å². The molecule has 0 aliphatic carbocycles. The maximum Gasteiger partial charge on any atom is 0.323 e. The van der Waals surface area contributed by atoms with Crippen LogP contribution in [0.4, 0.5) is 5.82 Å². The largest absolute Gasteiger partial charge is 0.461 e. The molecule has 5 rings (SSSR count). The fourth-order valence-corrected chi connectivity index (χ4v) is 6.01. The lowest BCUT2D eigenvalue weighted by Crippen LogP contribution is -2.54. The van der Waals surface area contributed by atoms with Crippen LogP contribution in [0.5, 0.6) is 0 Å². The number of fused-ring (bicyclic) bond motifs is 1. The summed E-state index contributed by atoms with van der Waals surface area (Å²) in [6.45, 7) is 7.16. The van der Waals surface area contributed by atoms with E-state index in [1.165, 1.54) is 0 Å². The Morgan fingerprint density at radius 1 is 1.32 bits per heavy atom. The summed E-state index contributed by atoms with van der Waals surface area (Å²) in [6, 6.07) is 6.72. The first-order valence-corrected chi connectivity index (χ1v) is 13.8. The molecule has 2 aliphatic heterocycles. The second-order valence-corrected chi connectivity index (χ2v) is 11.6. The van der Waals surface area contributed by atoms with Crippen molar-refractivity contribution in [3.05, 3.63) is 45.7 Å². The normalized spacial score (nSPS) is 22.0. The number of carbonyl (C=O) groups is 1. The highest BCUT2D eigenvalue weighted by Gasteiger charge is 2.42. The van der Waals surface area contributed by atoms with Crippen LogP contribution >= 0.6 is 35.6 Å². The number of carbonyl (C=O) groups excluding carboxylic acids is 1. The van der Waals surface area contributed by atoms with Crippen LogP contribution in [0.25, 0.3) is 11.2 Å². The summed E-state index contributed by atoms with van der Waals surface area (Å²) >= 11 is 12.6. The van der Waals surface area contributed by atoms with Gasteiger partial charge in [-0.25, -0.2) is 14.6 Å². The number of aliphatic hydroxyl groups is 1. The van der Waals surface area contributed by atoms with Gasteiger partial charge in [0.15, 0.2) is 11.3 Å². The van der Waals surface area contributed by atoms with Crippen LogP contribution < -0.4 is 10.2 Å². The summed E-state index contributed by atoms with van der Waals surface area (Å²) in [5, 5.41) is 29.4. The van der Waals surface area contributed by atoms with Gasteiger partial charge in [-0.1, -0.05) is 29.3 Å². The molecule has 3 aromatic rings. The van der Waals surface area contributed by atoms with Crippen LogP contribution in [-0.4, -0.2) is 68.2 Å². The molecular formula is C27H32Cl3N7O3. The van der Waals surface area contributed by atoms with Crippen LogP contribution in [0.1, 0.15) is 57.3 Å². The van der Waals surface area contributed by atoms with Crippen molar-refractivity contribution < 1.29 is 14.6 Å². The molecule has 1 aromatic carbocycles. The molecule has 13 heteroatoms. The molecule has 40 heavy (non-hydrogen) atoms. The molecule has 0 radical (unpaired) electrons. The predicted octanol–water partition coefficient (Wildman–Crippen LogP) is 4.30. The van der Waals surface area contributed by atoms with Gasteiger partial charge in [0.05, 0.1) is 17.8 Å². The Kier molecular flexibility index (Phi) is 9.12. The lowest BCUT2D eigenvalue weighted by atomic mass is 9.81. The van der Waals surface area contributed by atoms with Crippen molar-refractivity contribution in [2.45, 2.75) is 63.8 Å². The molecule has 2 aromatic heterocycles. The van der Waals surface area contributed by atoms with Crippen molar-refractivity contribution in [3.63, 3.8) is 0 Å². The highest BCUT2D eigenvalue weighted by atomic mass is 35.5. The van der Waals surface area contributed by atoms with Gasteiger partial charge < -0.3 is 20.1 Å². The van der Waals surface area contributed by atoms with Gasteiger partial charge in [-0.3, -0.25) is 4.79 Å². The molecule has 4 atom stereocenters. The van der Waals surface area contributed by atoms with Gasteiger partial charge in [-0.15, -0.1) is 12.4 Å². The van der Waals surface area contributed by atoms with E-state index in [0.29, 0.717) is 46.5 Å². The topological polar surface area (TPSA) is 129 Å². The minimum absolute atomic E-state index is 0.